The molecular weight excluding hydrogens is 621 g/mol. The van der Waals surface area contributed by atoms with Gasteiger partial charge in [-0.25, -0.2) is 0 Å². The van der Waals surface area contributed by atoms with Crippen molar-refractivity contribution in [3.05, 3.63) is 132 Å². The number of hydrogen-bond donors (Lipinski definition) is 1. The van der Waals surface area contributed by atoms with Crippen LogP contribution in [0.5, 0.6) is 17.2 Å². The number of halogens is 3. The van der Waals surface area contributed by atoms with E-state index in [4.69, 9.17) is 9.47 Å². The molecule has 0 aliphatic carbocycles. The number of amides is 1. The minimum atomic E-state index is -4.80. The molecule has 0 saturated carbocycles. The Morgan fingerprint density at radius 2 is 1.67 bits per heavy atom. The molecule has 0 bridgehead atoms. The Kier molecular flexibility index (Phi) is 8.68. The van der Waals surface area contributed by atoms with E-state index in [-0.39, 0.29) is 29.9 Å². The molecule has 11 heteroatoms. The number of methoxy groups -OCH3 is 1. The van der Waals surface area contributed by atoms with Crippen molar-refractivity contribution in [3.63, 3.8) is 0 Å². The number of aryl methyl sites for hydroxylation is 1. The van der Waals surface area contributed by atoms with Gasteiger partial charge in [0, 0.05) is 46.9 Å². The molecule has 242 valence electrons. The molecule has 6 aromatic rings. The van der Waals surface area contributed by atoms with Crippen molar-refractivity contribution in [2.45, 2.75) is 26.1 Å². The first-order valence-electron chi connectivity index (χ1n) is 14.8. The Morgan fingerprint density at radius 3 is 2.42 bits per heavy atom. The van der Waals surface area contributed by atoms with Crippen molar-refractivity contribution in [2.75, 3.05) is 12.4 Å². The summed E-state index contributed by atoms with van der Waals surface area (Å²) in [6, 6.07) is 21.0. The van der Waals surface area contributed by atoms with Crippen molar-refractivity contribution >= 4 is 39.1 Å². The first-order chi connectivity index (χ1) is 23.0. The Balaban J connectivity index is 1.26. The maximum absolute atomic E-state index is 14.1. The lowest BCUT2D eigenvalue weighted by Gasteiger charge is -2.16. The second-order valence-corrected chi connectivity index (χ2v) is 11.1. The van der Waals surface area contributed by atoms with Crippen LogP contribution in [0.2, 0.25) is 0 Å². The van der Waals surface area contributed by atoms with E-state index in [1.54, 1.807) is 62.0 Å². The van der Waals surface area contributed by atoms with E-state index in [0.29, 0.717) is 33.6 Å². The van der Waals surface area contributed by atoms with Gasteiger partial charge in [-0.05, 0) is 65.9 Å². The number of pyridine rings is 1. The average molecular weight is 651 g/mol. The molecular formula is C37H29F3N4O4. The summed E-state index contributed by atoms with van der Waals surface area (Å²) in [5, 5.41) is 8.26. The number of rotatable bonds is 10. The molecule has 6 rings (SSSR count). The number of benzene rings is 4. The number of ether oxygens (including phenoxy) is 2. The highest BCUT2D eigenvalue weighted by molar-refractivity contribution is 6.10. The minimum Gasteiger partial charge on any atom is -0.496 e. The van der Waals surface area contributed by atoms with Gasteiger partial charge in [-0.15, -0.1) is 0 Å². The summed E-state index contributed by atoms with van der Waals surface area (Å²) in [5.41, 5.74) is 0.638. The van der Waals surface area contributed by atoms with Crippen LogP contribution in [-0.2, 0) is 23.9 Å². The van der Waals surface area contributed by atoms with E-state index in [2.05, 4.69) is 22.0 Å². The second kappa shape index (κ2) is 13.0. The van der Waals surface area contributed by atoms with Crippen molar-refractivity contribution in [1.29, 1.82) is 0 Å². The van der Waals surface area contributed by atoms with Crippen LogP contribution in [0.1, 0.15) is 27.0 Å². The first kappa shape index (κ1) is 32.0. The largest absolute Gasteiger partial charge is 0.496 e. The van der Waals surface area contributed by atoms with Crippen LogP contribution in [-0.4, -0.2) is 33.6 Å². The monoisotopic (exact) mass is 650 g/mol. The summed E-state index contributed by atoms with van der Waals surface area (Å²) < 4.78 is 55.7. The molecule has 8 nitrogen and oxygen atoms in total. The molecule has 2 aromatic heterocycles. The van der Waals surface area contributed by atoms with Crippen LogP contribution in [0.3, 0.4) is 0 Å². The topological polar surface area (TPSA) is 95.3 Å². The van der Waals surface area contributed by atoms with E-state index in [9.17, 15) is 22.8 Å². The molecule has 0 unspecified atom stereocenters. The van der Waals surface area contributed by atoms with Crippen LogP contribution in [0, 0.1) is 6.92 Å². The summed E-state index contributed by atoms with van der Waals surface area (Å²) in [4.78, 5) is 30.7. The third kappa shape index (κ3) is 6.61. The van der Waals surface area contributed by atoms with E-state index in [1.807, 2.05) is 25.1 Å². The summed E-state index contributed by atoms with van der Waals surface area (Å²) in [7, 11) is 1.59. The van der Waals surface area contributed by atoms with Gasteiger partial charge < -0.3 is 14.8 Å². The van der Waals surface area contributed by atoms with Gasteiger partial charge in [0.2, 0.25) is 0 Å². The van der Waals surface area contributed by atoms with E-state index < -0.39 is 23.3 Å². The number of ketones is 1. The molecule has 2 heterocycles. The third-order valence-corrected chi connectivity index (χ3v) is 7.86. The zero-order chi connectivity index (χ0) is 34.0. The van der Waals surface area contributed by atoms with Gasteiger partial charge in [-0.3, -0.25) is 19.3 Å². The fourth-order valence-electron chi connectivity index (χ4n) is 5.49. The van der Waals surface area contributed by atoms with Gasteiger partial charge in [0.15, 0.2) is 5.78 Å². The van der Waals surface area contributed by atoms with Crippen molar-refractivity contribution in [2.24, 2.45) is 0 Å². The second-order valence-electron chi connectivity index (χ2n) is 11.1. The average Bonchev–Trinajstić information content (AvgIpc) is 3.57. The molecule has 0 radical (unpaired) electrons. The van der Waals surface area contributed by atoms with Crippen LogP contribution in [0.4, 0.5) is 18.9 Å². The van der Waals surface area contributed by atoms with Crippen LogP contribution < -0.4 is 14.8 Å². The van der Waals surface area contributed by atoms with Crippen LogP contribution in [0.15, 0.2) is 110 Å². The molecule has 0 spiro atoms. The molecule has 1 N–H and O–H groups in total. The first-order valence-corrected chi connectivity index (χ1v) is 14.8. The van der Waals surface area contributed by atoms with Crippen LogP contribution in [0.25, 0.3) is 21.7 Å². The number of hydrogen-bond acceptors (Lipinski definition) is 6. The molecule has 4 aromatic carbocycles. The van der Waals surface area contributed by atoms with Crippen molar-refractivity contribution in [1.82, 2.24) is 14.8 Å². The highest BCUT2D eigenvalue weighted by atomic mass is 19.4. The molecule has 0 fully saturated rings. The molecule has 48 heavy (non-hydrogen) atoms. The summed E-state index contributed by atoms with van der Waals surface area (Å²) in [6.07, 6.45) is -0.331. The highest BCUT2D eigenvalue weighted by Gasteiger charge is 2.34. The molecule has 0 aliphatic heterocycles. The Labute approximate surface area is 273 Å². The number of alkyl halides is 3. The van der Waals surface area contributed by atoms with Crippen molar-refractivity contribution < 1.29 is 32.2 Å². The number of nitrogens with one attached hydrogen (secondary N) is 1. The minimum absolute atomic E-state index is 0.0121. The van der Waals surface area contributed by atoms with Gasteiger partial charge in [0.25, 0.3) is 5.91 Å². The number of Topliss-reactive ketones (excluding diaryl/α,β-unsaturated/α-hetero) is 1. The summed E-state index contributed by atoms with van der Waals surface area (Å²) >= 11 is 0. The molecule has 1 amide bonds. The Hall–Kier alpha value is -5.97. The van der Waals surface area contributed by atoms with Gasteiger partial charge in [-0.2, -0.15) is 18.3 Å². The number of nitrogens with zero attached hydrogens (tertiary/aromatic N) is 3. The zero-order valence-electron chi connectivity index (χ0n) is 26.0. The Morgan fingerprint density at radius 1 is 0.896 bits per heavy atom. The quantitative estimate of drug-likeness (QED) is 0.118. The van der Waals surface area contributed by atoms with E-state index >= 15 is 0 Å². The lowest BCUT2D eigenvalue weighted by molar-refractivity contribution is -0.137. The number of aromatic nitrogens is 3. The molecule has 0 atom stereocenters. The maximum atomic E-state index is 14.1. The lowest BCUT2D eigenvalue weighted by atomic mass is 9.96. The van der Waals surface area contributed by atoms with Crippen molar-refractivity contribution in [3.8, 4) is 17.2 Å². The number of carbonyl (C=O) groups is 2. The predicted octanol–water partition coefficient (Wildman–Crippen LogP) is 8.33. The van der Waals surface area contributed by atoms with Gasteiger partial charge in [-0.1, -0.05) is 43.0 Å². The van der Waals surface area contributed by atoms with Gasteiger partial charge in [0.1, 0.15) is 17.2 Å². The highest BCUT2D eigenvalue weighted by Crippen LogP contribution is 2.38. The normalized spacial score (nSPS) is 11.4. The lowest BCUT2D eigenvalue weighted by Crippen LogP contribution is -2.20. The molecule has 0 saturated heterocycles. The van der Waals surface area contributed by atoms with Crippen LogP contribution >= 0.6 is 0 Å². The maximum Gasteiger partial charge on any atom is 0.418 e. The van der Waals surface area contributed by atoms with E-state index in [1.165, 1.54) is 16.9 Å². The predicted molar refractivity (Wildman–Crippen MR) is 177 cm³/mol. The van der Waals surface area contributed by atoms with E-state index in [0.717, 1.165) is 28.6 Å². The Bertz CT molecular complexity index is 2190. The fraction of sp³-hybridized carbons (Fsp3) is 0.135. The standard InChI is InChI=1S/C37H29F3N4O4/c1-22-17-31-28(20-35(22)47-3)34(13-15-41-31)48-33-10-5-7-25-26(8-4-9-27(25)33)32(45)19-24-11-12-30(29(18-24)37(38,39)40)43-36(46)23(2)21-44-16-6-14-42-44/h4-18,20H,2,19,21H2,1,3H3,(H,43,46). The summed E-state index contributed by atoms with van der Waals surface area (Å²) in [5.74, 6) is 0.556. The fourth-order valence-corrected chi connectivity index (χ4v) is 5.49. The number of carbonyl (C=O) groups excluding carboxylic acids is 2. The molecule has 0 aliphatic rings. The SMILES string of the molecule is C=C(Cn1cccn1)C(=O)Nc1ccc(CC(=O)c2cccc3c(Oc4ccnc5cc(C)c(OC)cc45)cccc23)cc1C(F)(F)F. The van der Waals surface area contributed by atoms with Gasteiger partial charge >= 0.3 is 6.18 Å². The third-order valence-electron chi connectivity index (χ3n) is 7.86. The summed E-state index contributed by atoms with van der Waals surface area (Å²) in [6.45, 7) is 5.61. The number of fused-ring (bicyclic) bond motifs is 2. The number of anilines is 1. The zero-order valence-corrected chi connectivity index (χ0v) is 26.0. The smallest absolute Gasteiger partial charge is 0.418 e. The van der Waals surface area contributed by atoms with Gasteiger partial charge in [0.05, 0.1) is 30.4 Å².